The van der Waals surface area contributed by atoms with Gasteiger partial charge in [-0.1, -0.05) is 23.7 Å². The van der Waals surface area contributed by atoms with E-state index in [9.17, 15) is 22.0 Å². The first-order valence-electron chi connectivity index (χ1n) is 6.00. The van der Waals surface area contributed by atoms with E-state index < -0.39 is 26.4 Å². The van der Waals surface area contributed by atoms with Crippen molar-refractivity contribution < 1.29 is 22.0 Å². The molecule has 1 N–H and O–H groups in total. The average Bonchev–Trinajstić information content (AvgIpc) is 2.49. The second kappa shape index (κ2) is 6.41. The van der Waals surface area contributed by atoms with E-state index in [-0.39, 0.29) is 5.56 Å². The van der Waals surface area contributed by atoms with Gasteiger partial charge in [0.2, 0.25) is 9.84 Å². The fourth-order valence-electron chi connectivity index (χ4n) is 1.66. The third-order valence-electron chi connectivity index (χ3n) is 2.80. The summed E-state index contributed by atoms with van der Waals surface area (Å²) in [5.74, 6) is -4.04. The van der Waals surface area contributed by atoms with Crippen molar-refractivity contribution in [1.82, 2.24) is 0 Å². The quantitative estimate of drug-likeness (QED) is 0.921. The Morgan fingerprint density at radius 3 is 2.18 bits per heavy atom. The van der Waals surface area contributed by atoms with Crippen LogP contribution in [0.4, 0.5) is 14.5 Å². The Morgan fingerprint density at radius 2 is 1.64 bits per heavy atom. The topological polar surface area (TPSA) is 63.2 Å². The molecule has 2 aromatic rings. The number of carbonyl (C=O) groups excluding carboxylic acids is 1. The zero-order valence-electron chi connectivity index (χ0n) is 11.0. The van der Waals surface area contributed by atoms with E-state index in [1.807, 2.05) is 0 Å². The molecule has 0 saturated carbocycles. The lowest BCUT2D eigenvalue weighted by molar-refractivity contribution is 0.102. The van der Waals surface area contributed by atoms with Crippen LogP contribution >= 0.6 is 11.6 Å². The number of alkyl halides is 2. The second-order valence-corrected chi connectivity index (χ2v) is 6.59. The molecule has 0 heterocycles. The van der Waals surface area contributed by atoms with Gasteiger partial charge in [-0.3, -0.25) is 4.79 Å². The van der Waals surface area contributed by atoms with E-state index in [1.165, 1.54) is 0 Å². The van der Waals surface area contributed by atoms with E-state index in [4.69, 9.17) is 11.6 Å². The van der Waals surface area contributed by atoms with Crippen LogP contribution in [-0.2, 0) is 9.84 Å². The monoisotopic (exact) mass is 345 g/mol. The number of sulfone groups is 1. The standard InChI is InChI=1S/C14H10ClF2NO3S/c15-11-3-1-2-4-12(11)18-13(19)9-5-7-10(8-6-9)22(20,21)14(16)17/h1-8,14H,(H,18,19). The predicted molar refractivity (Wildman–Crippen MR) is 79.0 cm³/mol. The Kier molecular flexibility index (Phi) is 4.77. The molecule has 8 heteroatoms. The summed E-state index contributed by atoms with van der Waals surface area (Å²) in [5, 5.41) is 2.88. The molecule has 0 atom stereocenters. The summed E-state index contributed by atoms with van der Waals surface area (Å²) in [4.78, 5) is 11.4. The number of carbonyl (C=O) groups is 1. The Labute approximate surface area is 130 Å². The number of para-hydroxylation sites is 1. The number of halogens is 3. The van der Waals surface area contributed by atoms with Crippen molar-refractivity contribution >= 4 is 33.0 Å². The molecule has 116 valence electrons. The van der Waals surface area contributed by atoms with E-state index in [1.54, 1.807) is 24.3 Å². The van der Waals surface area contributed by atoms with Crippen LogP contribution in [0.3, 0.4) is 0 Å². The molecule has 0 fully saturated rings. The summed E-state index contributed by atoms with van der Waals surface area (Å²) < 4.78 is 47.4. The maximum atomic E-state index is 12.4. The molecular weight excluding hydrogens is 336 g/mol. The van der Waals surface area contributed by atoms with Gasteiger partial charge in [0.15, 0.2) is 0 Å². The third kappa shape index (κ3) is 3.42. The Balaban J connectivity index is 2.21. The number of nitrogens with one attached hydrogen (secondary N) is 1. The molecule has 22 heavy (non-hydrogen) atoms. The van der Waals surface area contributed by atoms with Crippen molar-refractivity contribution in [2.45, 2.75) is 10.7 Å². The zero-order chi connectivity index (χ0) is 16.3. The van der Waals surface area contributed by atoms with Crippen LogP contribution in [-0.4, -0.2) is 20.1 Å². The highest BCUT2D eigenvalue weighted by Gasteiger charge is 2.26. The highest BCUT2D eigenvalue weighted by molar-refractivity contribution is 7.91. The van der Waals surface area contributed by atoms with Crippen LogP contribution in [0.25, 0.3) is 0 Å². The molecule has 0 aromatic heterocycles. The number of benzene rings is 2. The van der Waals surface area contributed by atoms with Gasteiger partial charge in [0.1, 0.15) is 0 Å². The molecule has 4 nitrogen and oxygen atoms in total. The van der Waals surface area contributed by atoms with Crippen LogP contribution in [0, 0.1) is 0 Å². The van der Waals surface area contributed by atoms with E-state index in [2.05, 4.69) is 5.32 Å². The van der Waals surface area contributed by atoms with E-state index in [0.717, 1.165) is 24.3 Å². The molecule has 0 saturated heterocycles. The molecule has 0 radical (unpaired) electrons. The minimum absolute atomic E-state index is 0.119. The van der Waals surface area contributed by atoms with Gasteiger partial charge in [0.25, 0.3) is 5.91 Å². The third-order valence-corrected chi connectivity index (χ3v) is 4.53. The number of anilines is 1. The fraction of sp³-hybridized carbons (Fsp3) is 0.0714. The first-order valence-corrected chi connectivity index (χ1v) is 7.93. The minimum atomic E-state index is -4.67. The molecule has 0 aliphatic rings. The largest absolute Gasteiger partial charge is 0.341 e. The molecule has 2 rings (SSSR count). The summed E-state index contributed by atoms with van der Waals surface area (Å²) in [6.07, 6.45) is 0. The van der Waals surface area contributed by atoms with Gasteiger partial charge in [-0.15, -0.1) is 0 Å². The lowest BCUT2D eigenvalue weighted by atomic mass is 10.2. The van der Waals surface area contributed by atoms with Gasteiger partial charge in [0.05, 0.1) is 15.6 Å². The van der Waals surface area contributed by atoms with Crippen LogP contribution in [0.5, 0.6) is 0 Å². The Hall–Kier alpha value is -1.99. The average molecular weight is 346 g/mol. The smallest absolute Gasteiger partial charge is 0.321 e. The highest BCUT2D eigenvalue weighted by atomic mass is 35.5. The Bertz CT molecular complexity index is 792. The molecule has 0 aliphatic carbocycles. The first kappa shape index (κ1) is 16.4. The number of hydrogen-bond acceptors (Lipinski definition) is 3. The lowest BCUT2D eigenvalue weighted by Crippen LogP contribution is -2.14. The summed E-state index contributed by atoms with van der Waals surface area (Å²) in [7, 11) is -4.67. The predicted octanol–water partition coefficient (Wildman–Crippen LogP) is 3.59. The molecule has 0 spiro atoms. The number of amides is 1. The Morgan fingerprint density at radius 1 is 1.05 bits per heavy atom. The van der Waals surface area contributed by atoms with Gasteiger partial charge in [0, 0.05) is 5.56 Å². The van der Waals surface area contributed by atoms with Crippen LogP contribution in [0.1, 0.15) is 10.4 Å². The van der Waals surface area contributed by atoms with Crippen molar-refractivity contribution in [3.05, 3.63) is 59.1 Å². The number of rotatable bonds is 4. The van der Waals surface area contributed by atoms with E-state index >= 15 is 0 Å². The second-order valence-electron chi connectivity index (χ2n) is 4.26. The van der Waals surface area contributed by atoms with Gasteiger partial charge in [-0.05, 0) is 36.4 Å². The van der Waals surface area contributed by atoms with Gasteiger partial charge in [-0.2, -0.15) is 8.78 Å². The first-order chi connectivity index (χ1) is 10.3. The van der Waals surface area contributed by atoms with Crippen molar-refractivity contribution in [2.24, 2.45) is 0 Å². The summed E-state index contributed by atoms with van der Waals surface area (Å²) in [6, 6.07) is 10.8. The normalized spacial score (nSPS) is 11.5. The lowest BCUT2D eigenvalue weighted by Gasteiger charge is -2.08. The summed E-state index contributed by atoms with van der Waals surface area (Å²) in [5.41, 5.74) is 0.506. The van der Waals surface area contributed by atoms with Crippen LogP contribution in [0.15, 0.2) is 53.4 Å². The molecular formula is C14H10ClF2NO3S. The maximum absolute atomic E-state index is 12.4. The molecule has 0 unspecified atom stereocenters. The SMILES string of the molecule is O=C(Nc1ccccc1Cl)c1ccc(S(=O)(=O)C(F)F)cc1. The molecule has 2 aromatic carbocycles. The molecule has 0 bridgehead atoms. The molecule has 1 amide bonds. The van der Waals surface area contributed by atoms with Gasteiger partial charge >= 0.3 is 5.76 Å². The minimum Gasteiger partial charge on any atom is -0.321 e. The highest BCUT2D eigenvalue weighted by Crippen LogP contribution is 2.22. The van der Waals surface area contributed by atoms with Crippen molar-refractivity contribution in [3.8, 4) is 0 Å². The maximum Gasteiger partial charge on any atom is 0.341 e. The van der Waals surface area contributed by atoms with Crippen molar-refractivity contribution in [3.63, 3.8) is 0 Å². The van der Waals surface area contributed by atoms with Crippen LogP contribution < -0.4 is 5.32 Å². The zero-order valence-corrected chi connectivity index (χ0v) is 12.5. The number of hydrogen-bond donors (Lipinski definition) is 1. The van der Waals surface area contributed by atoms with Crippen molar-refractivity contribution in [2.75, 3.05) is 5.32 Å². The summed E-state index contributed by atoms with van der Waals surface area (Å²) in [6.45, 7) is 0. The van der Waals surface area contributed by atoms with Gasteiger partial charge < -0.3 is 5.32 Å². The van der Waals surface area contributed by atoms with Crippen LogP contribution in [0.2, 0.25) is 5.02 Å². The molecule has 0 aliphatic heterocycles. The summed E-state index contributed by atoms with van der Waals surface area (Å²) >= 11 is 5.90. The fourth-order valence-corrected chi connectivity index (χ4v) is 2.56. The van der Waals surface area contributed by atoms with Crippen molar-refractivity contribution in [1.29, 1.82) is 0 Å². The van der Waals surface area contributed by atoms with E-state index in [0.29, 0.717) is 10.7 Å². The van der Waals surface area contributed by atoms with Gasteiger partial charge in [-0.25, -0.2) is 8.42 Å².